The maximum Gasteiger partial charge on any atom is 0.336 e. The van der Waals surface area contributed by atoms with E-state index in [0.29, 0.717) is 12.0 Å². The number of aromatic amines is 1. The Kier molecular flexibility index (Phi) is 11.8. The van der Waals surface area contributed by atoms with Crippen LogP contribution in [0.5, 0.6) is 0 Å². The molecule has 13 heteroatoms. The van der Waals surface area contributed by atoms with Crippen LogP contribution in [-0.2, 0) is 20.8 Å². The molecule has 2 aromatic heterocycles. The molecule has 2 aromatic carbocycles. The van der Waals surface area contributed by atoms with E-state index in [4.69, 9.17) is 20.4 Å². The average Bonchev–Trinajstić information content (AvgIpc) is 3.70. The Balaban J connectivity index is 0.000000328. The van der Waals surface area contributed by atoms with Crippen LogP contribution in [0, 0.1) is 11.7 Å². The minimum atomic E-state index is -2.74. The number of nitrogens with zero attached hydrogens (tertiary/aromatic N) is 4. The highest BCUT2D eigenvalue weighted by molar-refractivity contribution is 5.88. The largest absolute Gasteiger partial charge is 0.481 e. The molecule has 1 aliphatic rings. The number of benzene rings is 2. The number of hydrogen-bond donors (Lipinski definition) is 5. The van der Waals surface area contributed by atoms with E-state index in [1.165, 1.54) is 54.1 Å². The van der Waals surface area contributed by atoms with E-state index in [0.717, 1.165) is 24.6 Å². The number of rotatable bonds is 13. The van der Waals surface area contributed by atoms with Crippen molar-refractivity contribution in [2.45, 2.75) is 75.9 Å². The topological polar surface area (TPSA) is 182 Å². The van der Waals surface area contributed by atoms with Crippen molar-refractivity contribution in [2.75, 3.05) is 13.6 Å². The zero-order valence-electron chi connectivity index (χ0n) is 26.5. The van der Waals surface area contributed by atoms with Gasteiger partial charge in [0, 0.05) is 35.4 Å². The van der Waals surface area contributed by atoms with Crippen LogP contribution in [0.3, 0.4) is 0 Å². The lowest BCUT2D eigenvalue weighted by Gasteiger charge is -2.36. The van der Waals surface area contributed by atoms with Crippen LogP contribution in [0.1, 0.15) is 68.9 Å². The number of carboxylic acid groups (broad SMARTS) is 3. The molecule has 1 unspecified atom stereocenters. The number of aromatic nitrogens is 4. The van der Waals surface area contributed by atoms with Gasteiger partial charge in [-0.25, -0.2) is 9.18 Å². The lowest BCUT2D eigenvalue weighted by molar-refractivity contribution is -0.170. The molecule has 1 fully saturated rings. The first-order valence-corrected chi connectivity index (χ1v) is 15.6. The molecule has 252 valence electrons. The summed E-state index contributed by atoms with van der Waals surface area (Å²) in [5.74, 6) is -3.97. The van der Waals surface area contributed by atoms with E-state index in [9.17, 15) is 18.8 Å². The van der Waals surface area contributed by atoms with Gasteiger partial charge >= 0.3 is 17.9 Å². The molecule has 4 aromatic rings. The lowest BCUT2D eigenvalue weighted by Crippen LogP contribution is -2.42. The summed E-state index contributed by atoms with van der Waals surface area (Å²) >= 11 is 0. The average molecular weight is 652 g/mol. The van der Waals surface area contributed by atoms with Crippen molar-refractivity contribution >= 4 is 28.8 Å². The molecule has 0 radical (unpaired) electrons. The number of H-pyrrole nitrogens is 1. The third-order valence-corrected chi connectivity index (χ3v) is 9.02. The van der Waals surface area contributed by atoms with Crippen molar-refractivity contribution in [2.24, 2.45) is 5.92 Å². The van der Waals surface area contributed by atoms with Gasteiger partial charge in [-0.05, 0) is 98.9 Å². The molecule has 5 N–H and O–H groups in total. The van der Waals surface area contributed by atoms with E-state index in [2.05, 4.69) is 58.4 Å². The van der Waals surface area contributed by atoms with Crippen molar-refractivity contribution < 1.29 is 39.2 Å². The van der Waals surface area contributed by atoms with Crippen molar-refractivity contribution in [1.29, 1.82) is 0 Å². The Morgan fingerprint density at radius 1 is 1.00 bits per heavy atom. The fraction of sp³-hybridized carbons (Fsp3) is 0.441. The van der Waals surface area contributed by atoms with Crippen LogP contribution >= 0.6 is 0 Å². The zero-order chi connectivity index (χ0) is 34.1. The number of carbonyl (C=O) groups is 3. The van der Waals surface area contributed by atoms with Crippen LogP contribution < -0.4 is 0 Å². The summed E-state index contributed by atoms with van der Waals surface area (Å²) in [6.07, 6.45) is 10.9. The van der Waals surface area contributed by atoms with Crippen molar-refractivity contribution in [3.8, 4) is 5.69 Å². The van der Waals surface area contributed by atoms with E-state index in [1.807, 2.05) is 16.7 Å². The Bertz CT molecular complexity index is 1620. The molecule has 2 heterocycles. The number of halogens is 1. The predicted octanol–water partition coefficient (Wildman–Crippen LogP) is 4.87. The van der Waals surface area contributed by atoms with Crippen molar-refractivity contribution in [1.82, 2.24) is 24.6 Å². The molecular formula is C34H42FN5O7. The Morgan fingerprint density at radius 3 is 2.19 bits per heavy atom. The van der Waals surface area contributed by atoms with E-state index >= 15 is 0 Å². The fourth-order valence-electron chi connectivity index (χ4n) is 6.29. The van der Waals surface area contributed by atoms with Gasteiger partial charge in [0.1, 0.15) is 18.5 Å². The number of aliphatic carboxylic acids is 3. The van der Waals surface area contributed by atoms with Gasteiger partial charge in [-0.3, -0.25) is 14.2 Å². The molecule has 0 bridgehead atoms. The highest BCUT2D eigenvalue weighted by atomic mass is 19.1. The summed E-state index contributed by atoms with van der Waals surface area (Å²) in [4.78, 5) is 36.4. The highest BCUT2D eigenvalue weighted by Crippen LogP contribution is 2.32. The summed E-state index contributed by atoms with van der Waals surface area (Å²) in [6, 6.07) is 14.1. The van der Waals surface area contributed by atoms with Gasteiger partial charge in [-0.2, -0.15) is 0 Å². The smallest absolute Gasteiger partial charge is 0.336 e. The number of nitrogens with one attached hydrogen (secondary N) is 1. The lowest BCUT2D eigenvalue weighted by atomic mass is 9.82. The molecule has 12 nitrogen and oxygen atoms in total. The monoisotopic (exact) mass is 651 g/mol. The number of aliphatic hydroxyl groups is 1. The third kappa shape index (κ3) is 9.69. The minimum Gasteiger partial charge on any atom is -0.481 e. The molecular weight excluding hydrogens is 609 g/mol. The van der Waals surface area contributed by atoms with Crippen molar-refractivity contribution in [3.05, 3.63) is 78.3 Å². The third-order valence-electron chi connectivity index (χ3n) is 9.02. The van der Waals surface area contributed by atoms with Crippen LogP contribution in [0.2, 0.25) is 0 Å². The molecule has 5 rings (SSSR count). The normalized spacial score (nSPS) is 17.2. The molecule has 0 aliphatic heterocycles. The summed E-state index contributed by atoms with van der Waals surface area (Å²) in [7, 11) is 2.25. The Hall–Kier alpha value is -4.62. The standard InChI is InChI=1S/C28H34FN5.C6H8O7/c1-20(22-7-9-24(29)10-8-22)17-33(2)25-11-4-21(5-12-25)3-6-23-16-30-28-14-13-26(15-27(23)28)34-18-31-32-19-34;7-3(8)1-6(13,5(11)12)2-4(9)10/h7-10,13-16,18-21,25,30H,3-6,11-12,17H2,1-2H3;13H,1-2H2,(H,7,8)(H,9,10)(H,11,12). The highest BCUT2D eigenvalue weighted by Gasteiger charge is 2.40. The molecule has 1 saturated carbocycles. The van der Waals surface area contributed by atoms with Crippen LogP contribution in [-0.4, -0.2) is 88.2 Å². The number of likely N-dealkylation sites (N-methyl/N-ethyl adjacent to an activating group) is 1. The summed E-state index contributed by atoms with van der Waals surface area (Å²) in [6.45, 7) is 3.26. The first-order valence-electron chi connectivity index (χ1n) is 15.6. The van der Waals surface area contributed by atoms with Crippen LogP contribution in [0.4, 0.5) is 4.39 Å². The molecule has 47 heavy (non-hydrogen) atoms. The minimum absolute atomic E-state index is 0.161. The first kappa shape index (κ1) is 35.2. The van der Waals surface area contributed by atoms with Gasteiger partial charge in [0.2, 0.25) is 0 Å². The Labute approximate surface area is 271 Å². The summed E-state index contributed by atoms with van der Waals surface area (Å²) < 4.78 is 15.2. The number of aryl methyl sites for hydroxylation is 1. The maximum absolute atomic E-state index is 13.2. The van der Waals surface area contributed by atoms with Crippen LogP contribution in [0.15, 0.2) is 61.3 Å². The second-order valence-electron chi connectivity index (χ2n) is 12.5. The Morgan fingerprint density at radius 2 is 1.62 bits per heavy atom. The van der Waals surface area contributed by atoms with Gasteiger partial charge < -0.3 is 30.3 Å². The van der Waals surface area contributed by atoms with Gasteiger partial charge in [0.25, 0.3) is 0 Å². The van der Waals surface area contributed by atoms with Gasteiger partial charge in [-0.1, -0.05) is 19.1 Å². The molecule has 1 atom stereocenters. The second kappa shape index (κ2) is 15.8. The predicted molar refractivity (Wildman–Crippen MR) is 172 cm³/mol. The molecule has 0 saturated heterocycles. The first-order chi connectivity index (χ1) is 22.3. The maximum atomic E-state index is 13.2. The van der Waals surface area contributed by atoms with Crippen LogP contribution in [0.25, 0.3) is 16.6 Å². The fourth-order valence-corrected chi connectivity index (χ4v) is 6.29. The number of carboxylic acids is 3. The van der Waals surface area contributed by atoms with Gasteiger partial charge in [-0.15, -0.1) is 10.2 Å². The molecule has 1 aliphatic carbocycles. The molecule has 0 spiro atoms. The summed E-state index contributed by atoms with van der Waals surface area (Å²) in [5, 5.41) is 43.0. The SMILES string of the molecule is CC(CN(C)C1CCC(CCc2c[nH]c3ccc(-n4cnnc4)cc23)CC1)c1ccc(F)cc1.O=C(O)CC(O)(CC(=O)O)C(=O)O. The number of hydrogen-bond acceptors (Lipinski definition) is 7. The quantitative estimate of drug-likeness (QED) is 0.134. The van der Waals surface area contributed by atoms with Gasteiger partial charge in [0.15, 0.2) is 5.60 Å². The summed E-state index contributed by atoms with van der Waals surface area (Å²) in [5.41, 5.74) is 2.16. The van der Waals surface area contributed by atoms with Gasteiger partial charge in [0.05, 0.1) is 12.8 Å². The van der Waals surface area contributed by atoms with E-state index in [1.54, 1.807) is 24.8 Å². The van der Waals surface area contributed by atoms with E-state index < -0.39 is 36.4 Å². The molecule has 0 amide bonds. The number of fused-ring (bicyclic) bond motifs is 1. The second-order valence-corrected chi connectivity index (χ2v) is 12.5. The van der Waals surface area contributed by atoms with E-state index in [-0.39, 0.29) is 5.82 Å². The zero-order valence-corrected chi connectivity index (χ0v) is 26.5. The van der Waals surface area contributed by atoms with Crippen molar-refractivity contribution in [3.63, 3.8) is 0 Å².